The van der Waals surface area contributed by atoms with Gasteiger partial charge in [-0.05, 0) is 53.4 Å². The van der Waals surface area contributed by atoms with E-state index in [0.29, 0.717) is 5.75 Å². The Balaban J connectivity index is 2.02. The lowest BCUT2D eigenvalue weighted by molar-refractivity contribution is -0.385. The van der Waals surface area contributed by atoms with E-state index in [-0.39, 0.29) is 28.1 Å². The van der Waals surface area contributed by atoms with Crippen LogP contribution in [0.4, 0.5) is 5.69 Å². The molecular weight excluding hydrogens is 418 g/mol. The summed E-state index contributed by atoms with van der Waals surface area (Å²) in [6, 6.07) is 6.21. The van der Waals surface area contributed by atoms with E-state index >= 15 is 0 Å². The summed E-state index contributed by atoms with van der Waals surface area (Å²) >= 11 is 3.03. The van der Waals surface area contributed by atoms with Crippen LogP contribution >= 0.6 is 15.9 Å². The molecule has 27 heavy (non-hydrogen) atoms. The van der Waals surface area contributed by atoms with Crippen LogP contribution in [-0.4, -0.2) is 28.8 Å². The number of phenolic OH excluding ortho intramolecular Hbond substituents is 1. The number of hydrazone groups is 1. The second kappa shape index (κ2) is 8.63. The molecule has 2 rings (SSSR count). The predicted octanol–water partition coefficient (Wildman–Crippen LogP) is 3.52. The van der Waals surface area contributed by atoms with Crippen LogP contribution in [0, 0.1) is 30.9 Å². The zero-order chi connectivity index (χ0) is 20.1. The number of aryl methyl sites for hydroxylation is 2. The topological polar surface area (TPSA) is 114 Å². The Kier molecular flexibility index (Phi) is 6.51. The third kappa shape index (κ3) is 5.04. The van der Waals surface area contributed by atoms with E-state index in [1.54, 1.807) is 0 Å². The molecule has 1 amide bonds. The van der Waals surface area contributed by atoms with Crippen LogP contribution in [0.25, 0.3) is 0 Å². The molecule has 2 aromatic carbocycles. The number of nitro benzene ring substituents is 1. The van der Waals surface area contributed by atoms with Crippen LogP contribution in [0.3, 0.4) is 0 Å². The lowest BCUT2D eigenvalue weighted by atomic mass is 10.1. The lowest BCUT2D eigenvalue weighted by Gasteiger charge is -2.13. The average Bonchev–Trinajstić information content (AvgIpc) is 2.61. The molecule has 2 aromatic rings. The number of ether oxygens (including phenoxy) is 1. The number of rotatable bonds is 6. The Hall–Kier alpha value is -2.94. The Morgan fingerprint density at radius 3 is 2.67 bits per heavy atom. The van der Waals surface area contributed by atoms with Gasteiger partial charge in [0.15, 0.2) is 6.61 Å². The molecule has 0 aliphatic carbocycles. The van der Waals surface area contributed by atoms with Crippen molar-refractivity contribution in [1.29, 1.82) is 0 Å². The van der Waals surface area contributed by atoms with Gasteiger partial charge in [0, 0.05) is 17.7 Å². The van der Waals surface area contributed by atoms with Gasteiger partial charge in [0.25, 0.3) is 11.6 Å². The van der Waals surface area contributed by atoms with Crippen molar-refractivity contribution in [3.63, 3.8) is 0 Å². The zero-order valence-electron chi connectivity index (χ0n) is 14.9. The molecule has 0 saturated carbocycles. The number of carbonyl (C=O) groups excluding carboxylic acids is 1. The molecule has 9 heteroatoms. The standard InChI is InChI=1S/C18H18BrN3O5/c1-10-4-5-11(2)18(12(10)3)27-9-16(23)21-20-8-13-6-14(22(25)26)7-15(19)17(13)24/h4-8,24H,9H2,1-3H3,(H,21,23). The molecule has 8 nitrogen and oxygen atoms in total. The van der Waals surface area contributed by atoms with Gasteiger partial charge in [-0.1, -0.05) is 12.1 Å². The predicted molar refractivity (Wildman–Crippen MR) is 104 cm³/mol. The smallest absolute Gasteiger partial charge is 0.277 e. The number of amides is 1. The third-order valence-corrected chi connectivity index (χ3v) is 4.51. The van der Waals surface area contributed by atoms with Crippen LogP contribution in [0.2, 0.25) is 0 Å². The number of halogens is 1. The normalized spacial score (nSPS) is 10.8. The van der Waals surface area contributed by atoms with Crippen molar-refractivity contribution in [2.24, 2.45) is 5.10 Å². The molecule has 0 bridgehead atoms. The fraction of sp³-hybridized carbons (Fsp3) is 0.222. The summed E-state index contributed by atoms with van der Waals surface area (Å²) in [5.41, 5.74) is 5.05. The fourth-order valence-electron chi connectivity index (χ4n) is 2.30. The summed E-state index contributed by atoms with van der Waals surface area (Å²) in [6.45, 7) is 5.51. The number of nitro groups is 1. The van der Waals surface area contributed by atoms with Crippen LogP contribution in [-0.2, 0) is 4.79 Å². The number of hydrogen-bond donors (Lipinski definition) is 2. The van der Waals surface area contributed by atoms with Gasteiger partial charge in [-0.3, -0.25) is 14.9 Å². The maximum absolute atomic E-state index is 11.9. The first-order chi connectivity index (χ1) is 12.7. The Morgan fingerprint density at radius 2 is 2.00 bits per heavy atom. The van der Waals surface area contributed by atoms with Gasteiger partial charge in [-0.15, -0.1) is 0 Å². The second-order valence-corrected chi connectivity index (χ2v) is 6.71. The fourth-order valence-corrected chi connectivity index (χ4v) is 2.76. The van der Waals surface area contributed by atoms with Gasteiger partial charge in [0.2, 0.25) is 0 Å². The van der Waals surface area contributed by atoms with Crippen molar-refractivity contribution in [3.05, 3.63) is 61.1 Å². The van der Waals surface area contributed by atoms with Gasteiger partial charge in [-0.2, -0.15) is 5.10 Å². The van der Waals surface area contributed by atoms with E-state index in [0.717, 1.165) is 29.0 Å². The minimum atomic E-state index is -0.597. The number of non-ortho nitro benzene ring substituents is 1. The molecule has 0 aliphatic rings. The van der Waals surface area contributed by atoms with Crippen LogP contribution in [0.5, 0.6) is 11.5 Å². The Bertz CT molecular complexity index is 928. The molecule has 0 spiro atoms. The monoisotopic (exact) mass is 435 g/mol. The number of nitrogens with one attached hydrogen (secondary N) is 1. The van der Waals surface area contributed by atoms with Gasteiger partial charge in [-0.25, -0.2) is 5.43 Å². The van der Waals surface area contributed by atoms with Crippen molar-refractivity contribution >= 4 is 33.7 Å². The van der Waals surface area contributed by atoms with Crippen molar-refractivity contribution in [3.8, 4) is 11.5 Å². The molecular formula is C18H18BrN3O5. The van der Waals surface area contributed by atoms with E-state index in [9.17, 15) is 20.0 Å². The largest absolute Gasteiger partial charge is 0.506 e. The minimum Gasteiger partial charge on any atom is -0.506 e. The van der Waals surface area contributed by atoms with Gasteiger partial charge < -0.3 is 9.84 Å². The molecule has 0 aromatic heterocycles. The maximum Gasteiger partial charge on any atom is 0.277 e. The molecule has 0 heterocycles. The van der Waals surface area contributed by atoms with E-state index < -0.39 is 10.8 Å². The highest BCUT2D eigenvalue weighted by molar-refractivity contribution is 9.10. The number of nitrogens with zero attached hydrogens (tertiary/aromatic N) is 2. The summed E-state index contributed by atoms with van der Waals surface area (Å²) in [5.74, 6) is -0.0780. The second-order valence-electron chi connectivity index (χ2n) is 5.86. The van der Waals surface area contributed by atoms with E-state index in [2.05, 4.69) is 26.5 Å². The highest BCUT2D eigenvalue weighted by Gasteiger charge is 2.14. The summed E-state index contributed by atoms with van der Waals surface area (Å²) < 4.78 is 5.73. The van der Waals surface area contributed by atoms with E-state index in [4.69, 9.17) is 4.74 Å². The van der Waals surface area contributed by atoms with Crippen molar-refractivity contribution in [1.82, 2.24) is 5.43 Å². The first-order valence-electron chi connectivity index (χ1n) is 7.89. The van der Waals surface area contributed by atoms with E-state index in [1.165, 1.54) is 6.07 Å². The van der Waals surface area contributed by atoms with Crippen molar-refractivity contribution in [2.45, 2.75) is 20.8 Å². The summed E-state index contributed by atoms with van der Waals surface area (Å²) in [5, 5.41) is 24.5. The van der Waals surface area contributed by atoms with Crippen LogP contribution in [0.15, 0.2) is 33.8 Å². The van der Waals surface area contributed by atoms with E-state index in [1.807, 2.05) is 32.9 Å². The van der Waals surface area contributed by atoms with Gasteiger partial charge in [0.1, 0.15) is 11.5 Å². The zero-order valence-corrected chi connectivity index (χ0v) is 16.5. The first kappa shape index (κ1) is 20.4. The molecule has 142 valence electrons. The van der Waals surface area contributed by atoms with Gasteiger partial charge >= 0.3 is 0 Å². The molecule has 0 radical (unpaired) electrons. The first-order valence-corrected chi connectivity index (χ1v) is 8.68. The molecule has 0 unspecified atom stereocenters. The quantitative estimate of drug-likeness (QED) is 0.409. The Labute approximate surface area is 164 Å². The molecule has 0 atom stereocenters. The average molecular weight is 436 g/mol. The third-order valence-electron chi connectivity index (χ3n) is 3.90. The Morgan fingerprint density at radius 1 is 1.33 bits per heavy atom. The van der Waals surface area contributed by atoms with Gasteiger partial charge in [0.05, 0.1) is 15.6 Å². The maximum atomic E-state index is 11.9. The molecule has 0 fully saturated rings. The lowest BCUT2D eigenvalue weighted by Crippen LogP contribution is -2.25. The SMILES string of the molecule is Cc1ccc(C)c(OCC(=O)NN=Cc2cc([N+](=O)[O-])cc(Br)c2O)c1C. The number of benzene rings is 2. The number of hydrogen-bond acceptors (Lipinski definition) is 6. The minimum absolute atomic E-state index is 0.0858. The van der Waals surface area contributed by atoms with Crippen LogP contribution < -0.4 is 10.2 Å². The highest BCUT2D eigenvalue weighted by Crippen LogP contribution is 2.31. The number of aromatic hydroxyl groups is 1. The summed E-state index contributed by atoms with van der Waals surface area (Å²) in [6.07, 6.45) is 1.12. The van der Waals surface area contributed by atoms with Crippen LogP contribution in [0.1, 0.15) is 22.3 Å². The summed E-state index contributed by atoms with van der Waals surface area (Å²) in [7, 11) is 0. The highest BCUT2D eigenvalue weighted by atomic mass is 79.9. The number of carbonyl (C=O) groups is 1. The molecule has 2 N–H and O–H groups in total. The summed E-state index contributed by atoms with van der Waals surface area (Å²) in [4.78, 5) is 22.2. The van der Waals surface area contributed by atoms with Crippen molar-refractivity contribution in [2.75, 3.05) is 6.61 Å². The molecule has 0 aliphatic heterocycles. The number of phenols is 1. The molecule has 0 saturated heterocycles. The van der Waals surface area contributed by atoms with Crippen molar-refractivity contribution < 1.29 is 19.6 Å².